The first-order chi connectivity index (χ1) is 13.1. The molecule has 0 saturated carbocycles. The Morgan fingerprint density at radius 3 is 2.46 bits per heavy atom. The van der Waals surface area contributed by atoms with Gasteiger partial charge in [-0.2, -0.15) is 17.5 Å². The number of para-hydroxylation sites is 1. The molecule has 1 atom stereocenters. The first-order valence-electron chi connectivity index (χ1n) is 8.60. The van der Waals surface area contributed by atoms with Crippen LogP contribution in [0.3, 0.4) is 0 Å². The summed E-state index contributed by atoms with van der Waals surface area (Å²) in [6, 6.07) is 10.8. The third-order valence-electron chi connectivity index (χ3n) is 5.09. The minimum absolute atomic E-state index is 0.0169. The first-order valence-corrected chi connectivity index (χ1v) is 10.0. The molecule has 0 radical (unpaired) electrons. The number of hydrogen-bond acceptors (Lipinski definition) is 4. The SMILES string of the molecule is O=C1CC2(CCN(S(=O)(=O)c3ccccc3C(F)(F)F)C2)Oc2ccccc21. The Bertz CT molecular complexity index is 1050. The zero-order valence-corrected chi connectivity index (χ0v) is 15.4. The van der Waals surface area contributed by atoms with Crippen molar-refractivity contribution in [1.29, 1.82) is 0 Å². The monoisotopic (exact) mass is 411 g/mol. The molecule has 1 unspecified atom stereocenters. The molecule has 2 aliphatic rings. The predicted molar refractivity (Wildman–Crippen MR) is 93.6 cm³/mol. The largest absolute Gasteiger partial charge is 0.485 e. The van der Waals surface area contributed by atoms with Crippen molar-refractivity contribution in [1.82, 2.24) is 4.31 Å². The molecule has 5 nitrogen and oxygen atoms in total. The summed E-state index contributed by atoms with van der Waals surface area (Å²) >= 11 is 0. The molecule has 2 aromatic rings. The Labute approximate surface area is 159 Å². The Balaban J connectivity index is 1.66. The van der Waals surface area contributed by atoms with Crippen LogP contribution >= 0.6 is 0 Å². The number of rotatable bonds is 2. The van der Waals surface area contributed by atoms with E-state index in [4.69, 9.17) is 4.74 Å². The highest BCUT2D eigenvalue weighted by Gasteiger charge is 2.50. The van der Waals surface area contributed by atoms with Crippen LogP contribution in [-0.2, 0) is 16.2 Å². The van der Waals surface area contributed by atoms with Crippen molar-refractivity contribution in [3.63, 3.8) is 0 Å². The van der Waals surface area contributed by atoms with E-state index in [1.54, 1.807) is 24.3 Å². The van der Waals surface area contributed by atoms with Gasteiger partial charge in [-0.05, 0) is 24.3 Å². The summed E-state index contributed by atoms with van der Waals surface area (Å²) in [6.07, 6.45) is -4.59. The standard InChI is InChI=1S/C19H16F3NO4S/c20-19(21,22)14-6-2-4-8-17(14)28(25,26)23-10-9-18(12-23)11-15(24)13-5-1-3-7-16(13)27-18/h1-8H,9-12H2. The maximum Gasteiger partial charge on any atom is 0.417 e. The zero-order chi connectivity index (χ0) is 20.2. The predicted octanol–water partition coefficient (Wildman–Crippen LogP) is 3.50. The fourth-order valence-corrected chi connectivity index (χ4v) is 5.48. The maximum atomic E-state index is 13.3. The van der Waals surface area contributed by atoms with E-state index in [0.717, 1.165) is 22.5 Å². The average Bonchev–Trinajstić information content (AvgIpc) is 3.05. The number of nitrogens with zero attached hydrogens (tertiary/aromatic N) is 1. The van der Waals surface area contributed by atoms with Gasteiger partial charge in [0.25, 0.3) is 0 Å². The second-order valence-corrected chi connectivity index (χ2v) is 8.87. The fraction of sp³-hybridized carbons (Fsp3) is 0.316. The Hall–Kier alpha value is -2.39. The van der Waals surface area contributed by atoms with Crippen LogP contribution in [0.1, 0.15) is 28.8 Å². The molecule has 0 bridgehead atoms. The van der Waals surface area contributed by atoms with Crippen molar-refractivity contribution in [2.24, 2.45) is 0 Å². The summed E-state index contributed by atoms with van der Waals surface area (Å²) in [7, 11) is -4.40. The molecule has 2 aromatic carbocycles. The van der Waals surface area contributed by atoms with Gasteiger partial charge >= 0.3 is 6.18 Å². The summed E-state index contributed by atoms with van der Waals surface area (Å²) in [6.45, 7) is -0.203. The highest BCUT2D eigenvalue weighted by atomic mass is 32.2. The summed E-state index contributed by atoms with van der Waals surface area (Å²) in [5.41, 5.74) is -1.84. The molecule has 28 heavy (non-hydrogen) atoms. The van der Waals surface area contributed by atoms with Gasteiger partial charge in [-0.1, -0.05) is 24.3 Å². The minimum atomic E-state index is -4.79. The molecule has 1 spiro atoms. The van der Waals surface area contributed by atoms with Crippen molar-refractivity contribution in [2.75, 3.05) is 13.1 Å². The lowest BCUT2D eigenvalue weighted by Crippen LogP contribution is -2.45. The molecule has 0 N–H and O–H groups in total. The lowest BCUT2D eigenvalue weighted by atomic mass is 9.89. The number of fused-ring (bicyclic) bond motifs is 1. The minimum Gasteiger partial charge on any atom is -0.485 e. The van der Waals surface area contributed by atoms with E-state index >= 15 is 0 Å². The van der Waals surface area contributed by atoms with Crippen LogP contribution in [0.2, 0.25) is 0 Å². The lowest BCUT2D eigenvalue weighted by Gasteiger charge is -2.34. The van der Waals surface area contributed by atoms with Gasteiger partial charge < -0.3 is 4.74 Å². The molecule has 1 fully saturated rings. The molecule has 2 heterocycles. The van der Waals surface area contributed by atoms with E-state index in [1.165, 1.54) is 6.07 Å². The van der Waals surface area contributed by atoms with E-state index in [1.807, 2.05) is 0 Å². The molecule has 0 aliphatic carbocycles. The highest BCUT2D eigenvalue weighted by Crippen LogP contribution is 2.41. The number of Topliss-reactive ketones (excluding diaryl/α,β-unsaturated/α-hetero) is 1. The van der Waals surface area contributed by atoms with E-state index < -0.39 is 32.3 Å². The van der Waals surface area contributed by atoms with Gasteiger partial charge in [-0.15, -0.1) is 0 Å². The van der Waals surface area contributed by atoms with Gasteiger partial charge in [-0.3, -0.25) is 4.79 Å². The number of sulfonamides is 1. The number of halogens is 3. The Morgan fingerprint density at radius 1 is 1.04 bits per heavy atom. The molecular formula is C19H16F3NO4S. The quantitative estimate of drug-likeness (QED) is 0.759. The highest BCUT2D eigenvalue weighted by molar-refractivity contribution is 7.89. The molecule has 4 rings (SSSR count). The van der Waals surface area contributed by atoms with Crippen LogP contribution in [-0.4, -0.2) is 37.2 Å². The summed E-state index contributed by atoms with van der Waals surface area (Å²) in [4.78, 5) is 11.7. The van der Waals surface area contributed by atoms with Gasteiger partial charge in [-0.25, -0.2) is 8.42 Å². The van der Waals surface area contributed by atoms with Crippen molar-refractivity contribution in [3.8, 4) is 5.75 Å². The number of ketones is 1. The maximum absolute atomic E-state index is 13.3. The number of carbonyl (C=O) groups excluding carboxylic acids is 1. The fourth-order valence-electron chi connectivity index (χ4n) is 3.75. The first kappa shape index (κ1) is 18.9. The van der Waals surface area contributed by atoms with Crippen molar-refractivity contribution in [2.45, 2.75) is 29.5 Å². The molecule has 148 valence electrons. The second kappa shape index (κ2) is 6.31. The Morgan fingerprint density at radius 2 is 1.71 bits per heavy atom. The van der Waals surface area contributed by atoms with E-state index in [9.17, 15) is 26.4 Å². The van der Waals surface area contributed by atoms with Crippen LogP contribution in [0.4, 0.5) is 13.2 Å². The van der Waals surface area contributed by atoms with Gasteiger partial charge in [0.15, 0.2) is 5.78 Å². The van der Waals surface area contributed by atoms with Crippen LogP contribution in [0, 0.1) is 0 Å². The van der Waals surface area contributed by atoms with Gasteiger partial charge in [0.05, 0.1) is 29.0 Å². The van der Waals surface area contributed by atoms with Crippen molar-refractivity contribution >= 4 is 15.8 Å². The smallest absolute Gasteiger partial charge is 0.417 e. The average molecular weight is 411 g/mol. The molecule has 0 amide bonds. The molecule has 1 saturated heterocycles. The summed E-state index contributed by atoms with van der Waals surface area (Å²) in [5, 5.41) is 0. The van der Waals surface area contributed by atoms with Crippen LogP contribution < -0.4 is 4.74 Å². The number of alkyl halides is 3. The summed E-state index contributed by atoms with van der Waals surface area (Å²) in [5.74, 6) is 0.200. The number of benzene rings is 2. The molecule has 0 aromatic heterocycles. The normalized spacial score (nSPS) is 22.9. The molecular weight excluding hydrogens is 395 g/mol. The van der Waals surface area contributed by atoms with Crippen molar-refractivity contribution in [3.05, 3.63) is 59.7 Å². The zero-order valence-electron chi connectivity index (χ0n) is 14.6. The topological polar surface area (TPSA) is 63.7 Å². The third kappa shape index (κ3) is 3.08. The second-order valence-electron chi connectivity index (χ2n) is 6.96. The number of carbonyl (C=O) groups is 1. The van der Waals surface area contributed by atoms with Gasteiger partial charge in [0, 0.05) is 13.0 Å². The summed E-state index contributed by atoms with van der Waals surface area (Å²) < 4.78 is 72.6. The lowest BCUT2D eigenvalue weighted by molar-refractivity contribution is -0.139. The number of hydrogen-bond donors (Lipinski definition) is 0. The van der Waals surface area contributed by atoms with Gasteiger partial charge in [0.2, 0.25) is 10.0 Å². The van der Waals surface area contributed by atoms with Crippen LogP contribution in [0.15, 0.2) is 53.4 Å². The van der Waals surface area contributed by atoms with E-state index in [0.29, 0.717) is 11.3 Å². The van der Waals surface area contributed by atoms with E-state index in [-0.39, 0.29) is 31.7 Å². The van der Waals surface area contributed by atoms with Crippen molar-refractivity contribution < 1.29 is 31.1 Å². The Kier molecular flexibility index (Phi) is 4.27. The molecule has 9 heteroatoms. The number of ether oxygens (including phenoxy) is 1. The third-order valence-corrected chi connectivity index (χ3v) is 6.99. The van der Waals surface area contributed by atoms with Crippen LogP contribution in [0.25, 0.3) is 0 Å². The van der Waals surface area contributed by atoms with E-state index in [2.05, 4.69) is 0 Å². The van der Waals surface area contributed by atoms with Gasteiger partial charge in [0.1, 0.15) is 11.4 Å². The van der Waals surface area contributed by atoms with Crippen LogP contribution in [0.5, 0.6) is 5.75 Å². The molecule has 2 aliphatic heterocycles.